The smallest absolute Gasteiger partial charge is 0.161 e. The molecule has 1 heterocycles. The minimum Gasteiger partial charge on any atom is -0.314 e. The van der Waals surface area contributed by atoms with E-state index in [2.05, 4.69) is 5.32 Å². The van der Waals surface area contributed by atoms with E-state index in [0.29, 0.717) is 32.2 Å². The molecule has 1 aliphatic heterocycles. The number of nitrogens with zero attached hydrogens (tertiary/aromatic N) is 1. The quantitative estimate of drug-likeness (QED) is 0.675. The minimum atomic E-state index is -1.26. The fourth-order valence-electron chi connectivity index (χ4n) is 2.16. The Morgan fingerprint density at radius 2 is 1.55 bits per heavy atom. The number of rotatable bonds is 3. The van der Waals surface area contributed by atoms with Gasteiger partial charge in [0, 0.05) is 37.8 Å². The van der Waals surface area contributed by atoms with E-state index in [4.69, 9.17) is 0 Å². The first-order chi connectivity index (χ1) is 8.63. The summed E-state index contributed by atoms with van der Waals surface area (Å²) in [7, 11) is 0. The minimum absolute atomic E-state index is 0. The molecular weight excluding hydrogens is 319 g/mol. The molecule has 0 saturated carbocycles. The van der Waals surface area contributed by atoms with Crippen LogP contribution >= 0.6 is 24.8 Å². The second kappa shape index (κ2) is 8.67. The summed E-state index contributed by atoms with van der Waals surface area (Å²) in [4.78, 5) is 1.73. The summed E-state index contributed by atoms with van der Waals surface area (Å²) < 4.78 is 52.7. The monoisotopic (exact) mass is 334 g/mol. The van der Waals surface area contributed by atoms with Gasteiger partial charge in [-0.1, -0.05) is 0 Å². The number of hydrogen-bond donors (Lipinski definition) is 1. The summed E-state index contributed by atoms with van der Waals surface area (Å²) in [5.74, 6) is -3.32. The summed E-state index contributed by atoms with van der Waals surface area (Å²) in [6, 6.07) is 0.356. The first kappa shape index (κ1) is 19.4. The molecule has 116 valence electrons. The standard InChI is InChI=1S/C12H14F4N2.2ClH/c13-7-12(18-3-1-17-2-4-18)8-5-10(15)11(16)6-9(8)14;;/h5-6,12,17H,1-4,7H2;2*1H/t12-;;/m1../s1. The zero-order valence-electron chi connectivity index (χ0n) is 10.5. The van der Waals surface area contributed by atoms with Gasteiger partial charge in [0.15, 0.2) is 11.6 Å². The number of piperazine rings is 1. The van der Waals surface area contributed by atoms with E-state index in [1.165, 1.54) is 0 Å². The van der Waals surface area contributed by atoms with Crippen LogP contribution < -0.4 is 5.32 Å². The first-order valence-corrected chi connectivity index (χ1v) is 5.78. The Kier molecular flexibility index (Phi) is 8.42. The van der Waals surface area contributed by atoms with Gasteiger partial charge in [-0.05, 0) is 6.07 Å². The lowest BCUT2D eigenvalue weighted by molar-refractivity contribution is 0.144. The van der Waals surface area contributed by atoms with E-state index < -0.39 is 30.2 Å². The molecule has 0 amide bonds. The Bertz CT molecular complexity index is 428. The molecule has 0 unspecified atom stereocenters. The van der Waals surface area contributed by atoms with Gasteiger partial charge >= 0.3 is 0 Å². The molecule has 2 rings (SSSR count). The maximum absolute atomic E-state index is 13.6. The maximum Gasteiger partial charge on any atom is 0.161 e. The largest absolute Gasteiger partial charge is 0.314 e. The fourth-order valence-corrected chi connectivity index (χ4v) is 2.16. The van der Waals surface area contributed by atoms with Gasteiger partial charge in [0.1, 0.15) is 12.5 Å². The molecule has 1 aromatic carbocycles. The average Bonchev–Trinajstić information content (AvgIpc) is 2.38. The molecule has 0 bridgehead atoms. The third-order valence-corrected chi connectivity index (χ3v) is 3.14. The second-order valence-electron chi connectivity index (χ2n) is 4.24. The summed E-state index contributed by atoms with van der Waals surface area (Å²) in [5, 5.41) is 3.09. The maximum atomic E-state index is 13.6. The third-order valence-electron chi connectivity index (χ3n) is 3.14. The van der Waals surface area contributed by atoms with Gasteiger partial charge in [0.25, 0.3) is 0 Å². The highest BCUT2D eigenvalue weighted by Crippen LogP contribution is 2.26. The lowest BCUT2D eigenvalue weighted by atomic mass is 10.0. The Balaban J connectivity index is 0.00000180. The Labute approximate surface area is 127 Å². The van der Waals surface area contributed by atoms with Crippen molar-refractivity contribution < 1.29 is 17.6 Å². The number of alkyl halides is 1. The van der Waals surface area contributed by atoms with Crippen LogP contribution in [-0.2, 0) is 0 Å². The van der Waals surface area contributed by atoms with E-state index in [-0.39, 0.29) is 30.4 Å². The molecule has 0 aromatic heterocycles. The molecule has 1 atom stereocenters. The number of halogens is 6. The lowest BCUT2D eigenvalue weighted by Gasteiger charge is -2.33. The predicted molar refractivity (Wildman–Crippen MR) is 74.0 cm³/mol. The molecule has 2 nitrogen and oxygen atoms in total. The summed E-state index contributed by atoms with van der Waals surface area (Å²) in [5.41, 5.74) is -0.127. The van der Waals surface area contributed by atoms with Crippen LogP contribution in [0.5, 0.6) is 0 Å². The molecule has 0 aliphatic carbocycles. The normalized spacial score (nSPS) is 17.0. The number of hydrogen-bond acceptors (Lipinski definition) is 2. The highest BCUT2D eigenvalue weighted by atomic mass is 35.5. The van der Waals surface area contributed by atoms with Crippen molar-refractivity contribution in [1.29, 1.82) is 0 Å². The van der Waals surface area contributed by atoms with Gasteiger partial charge < -0.3 is 5.32 Å². The van der Waals surface area contributed by atoms with Crippen molar-refractivity contribution >= 4 is 24.8 Å². The number of nitrogens with one attached hydrogen (secondary N) is 1. The van der Waals surface area contributed by atoms with Gasteiger partial charge in [0.2, 0.25) is 0 Å². The first-order valence-electron chi connectivity index (χ1n) is 5.78. The second-order valence-corrected chi connectivity index (χ2v) is 4.24. The Morgan fingerprint density at radius 1 is 1.00 bits per heavy atom. The van der Waals surface area contributed by atoms with Crippen LogP contribution in [0.15, 0.2) is 12.1 Å². The van der Waals surface area contributed by atoms with E-state index in [0.717, 1.165) is 6.07 Å². The van der Waals surface area contributed by atoms with Crippen LogP contribution in [0, 0.1) is 17.5 Å². The fraction of sp³-hybridized carbons (Fsp3) is 0.500. The molecular formula is C12H16Cl2F4N2. The predicted octanol–water partition coefficient (Wildman–Crippen LogP) is 2.86. The molecule has 0 radical (unpaired) electrons. The van der Waals surface area contributed by atoms with Crippen LogP contribution in [0.4, 0.5) is 17.6 Å². The van der Waals surface area contributed by atoms with Crippen molar-refractivity contribution in [3.63, 3.8) is 0 Å². The lowest BCUT2D eigenvalue weighted by Crippen LogP contribution is -2.45. The van der Waals surface area contributed by atoms with Crippen LogP contribution in [-0.4, -0.2) is 37.8 Å². The zero-order chi connectivity index (χ0) is 13.1. The van der Waals surface area contributed by atoms with E-state index in [1.54, 1.807) is 4.90 Å². The van der Waals surface area contributed by atoms with Crippen molar-refractivity contribution in [2.75, 3.05) is 32.9 Å². The van der Waals surface area contributed by atoms with Crippen molar-refractivity contribution in [3.05, 3.63) is 35.1 Å². The molecule has 1 saturated heterocycles. The average molecular weight is 335 g/mol. The molecule has 20 heavy (non-hydrogen) atoms. The molecule has 8 heteroatoms. The van der Waals surface area contributed by atoms with Gasteiger partial charge in [-0.15, -0.1) is 24.8 Å². The SMILES string of the molecule is Cl.Cl.FC[C@H](c1cc(F)c(F)cc1F)N1CCNCC1. The van der Waals surface area contributed by atoms with Gasteiger partial charge in [0.05, 0.1) is 6.04 Å². The van der Waals surface area contributed by atoms with Crippen LogP contribution in [0.1, 0.15) is 11.6 Å². The van der Waals surface area contributed by atoms with Crippen LogP contribution in [0.2, 0.25) is 0 Å². The van der Waals surface area contributed by atoms with Crippen molar-refractivity contribution in [1.82, 2.24) is 10.2 Å². The summed E-state index contributed by atoms with van der Waals surface area (Å²) in [6.07, 6.45) is 0. The van der Waals surface area contributed by atoms with Crippen LogP contribution in [0.3, 0.4) is 0 Å². The van der Waals surface area contributed by atoms with Crippen molar-refractivity contribution in [2.45, 2.75) is 6.04 Å². The van der Waals surface area contributed by atoms with E-state index in [1.807, 2.05) is 0 Å². The van der Waals surface area contributed by atoms with Gasteiger partial charge in [-0.3, -0.25) is 4.90 Å². The van der Waals surface area contributed by atoms with Crippen molar-refractivity contribution in [2.24, 2.45) is 0 Å². The highest BCUT2D eigenvalue weighted by molar-refractivity contribution is 5.85. The molecule has 1 fully saturated rings. The summed E-state index contributed by atoms with van der Waals surface area (Å²) >= 11 is 0. The van der Waals surface area contributed by atoms with E-state index >= 15 is 0 Å². The topological polar surface area (TPSA) is 15.3 Å². The Hall–Kier alpha value is -0.560. The molecule has 1 N–H and O–H groups in total. The number of benzene rings is 1. The highest BCUT2D eigenvalue weighted by Gasteiger charge is 2.26. The van der Waals surface area contributed by atoms with Gasteiger partial charge in [-0.2, -0.15) is 0 Å². The van der Waals surface area contributed by atoms with Crippen molar-refractivity contribution in [3.8, 4) is 0 Å². The van der Waals surface area contributed by atoms with Crippen LogP contribution in [0.25, 0.3) is 0 Å². The third kappa shape index (κ3) is 4.22. The molecule has 1 aliphatic rings. The zero-order valence-corrected chi connectivity index (χ0v) is 12.2. The Morgan fingerprint density at radius 3 is 2.10 bits per heavy atom. The summed E-state index contributed by atoms with van der Waals surface area (Å²) in [6.45, 7) is 1.60. The van der Waals surface area contributed by atoms with E-state index in [9.17, 15) is 17.6 Å². The molecule has 1 aromatic rings. The van der Waals surface area contributed by atoms with Gasteiger partial charge in [-0.25, -0.2) is 17.6 Å². The molecule has 0 spiro atoms.